The summed E-state index contributed by atoms with van der Waals surface area (Å²) in [6.45, 7) is 2.07. The van der Waals surface area contributed by atoms with Crippen molar-refractivity contribution in [2.75, 3.05) is 4.90 Å². The summed E-state index contributed by atoms with van der Waals surface area (Å²) in [5.41, 5.74) is 2.28. The molecule has 100 valence electrons. The fourth-order valence-corrected chi connectivity index (χ4v) is 3.12. The second kappa shape index (κ2) is 4.26. The number of hydrogen-bond donors (Lipinski definition) is 2. The number of hydrogen-bond acceptors (Lipinski definition) is 3. The quantitative estimate of drug-likeness (QED) is 0.824. The minimum absolute atomic E-state index is 0.184. The first-order valence-electron chi connectivity index (χ1n) is 6.47. The highest BCUT2D eigenvalue weighted by atomic mass is 16.4. The first-order chi connectivity index (χ1) is 9.08. The van der Waals surface area contributed by atoms with Crippen LogP contribution in [0.5, 0.6) is 0 Å². The van der Waals surface area contributed by atoms with Gasteiger partial charge in [-0.2, -0.15) is 0 Å². The van der Waals surface area contributed by atoms with E-state index in [-0.39, 0.29) is 18.0 Å². The van der Waals surface area contributed by atoms with Gasteiger partial charge in [0.2, 0.25) is 5.91 Å². The Labute approximate surface area is 111 Å². The minimum Gasteiger partial charge on any atom is -0.480 e. The van der Waals surface area contributed by atoms with Gasteiger partial charge in [-0.3, -0.25) is 4.79 Å². The van der Waals surface area contributed by atoms with Gasteiger partial charge in [0.05, 0.1) is 0 Å². The van der Waals surface area contributed by atoms with Crippen molar-refractivity contribution < 1.29 is 14.7 Å². The summed E-state index contributed by atoms with van der Waals surface area (Å²) in [5.74, 6) is -1.15. The predicted octanol–water partition coefficient (Wildman–Crippen LogP) is 0.779. The van der Waals surface area contributed by atoms with Crippen LogP contribution in [0.25, 0.3) is 0 Å². The van der Waals surface area contributed by atoms with Gasteiger partial charge in [-0.25, -0.2) is 4.79 Å². The SMILES string of the molecule is C[C@H]1Cc2ccccc2N1[C@H]1C[C@@H](C(=O)O)NC1=O. The van der Waals surface area contributed by atoms with E-state index in [2.05, 4.69) is 23.2 Å². The molecule has 0 radical (unpaired) electrons. The van der Waals surface area contributed by atoms with Crippen LogP contribution in [-0.2, 0) is 16.0 Å². The van der Waals surface area contributed by atoms with Crippen molar-refractivity contribution in [2.24, 2.45) is 0 Å². The Bertz CT molecular complexity index is 543. The second-order valence-electron chi connectivity index (χ2n) is 5.24. The lowest BCUT2D eigenvalue weighted by molar-refractivity contribution is -0.140. The van der Waals surface area contributed by atoms with Crippen molar-refractivity contribution in [3.05, 3.63) is 29.8 Å². The Balaban J connectivity index is 1.91. The topological polar surface area (TPSA) is 69.6 Å². The van der Waals surface area contributed by atoms with E-state index in [4.69, 9.17) is 5.11 Å². The molecule has 0 spiro atoms. The van der Waals surface area contributed by atoms with E-state index in [1.54, 1.807) is 0 Å². The van der Waals surface area contributed by atoms with Crippen LogP contribution in [0.3, 0.4) is 0 Å². The van der Waals surface area contributed by atoms with E-state index in [1.165, 1.54) is 5.56 Å². The summed E-state index contributed by atoms with van der Waals surface area (Å²) in [7, 11) is 0. The minimum atomic E-state index is -0.962. The number of para-hydroxylation sites is 1. The maximum Gasteiger partial charge on any atom is 0.326 e. The van der Waals surface area contributed by atoms with Crippen molar-refractivity contribution in [3.8, 4) is 0 Å². The Morgan fingerprint density at radius 3 is 2.84 bits per heavy atom. The Hall–Kier alpha value is -2.04. The van der Waals surface area contributed by atoms with Crippen molar-refractivity contribution in [1.29, 1.82) is 0 Å². The lowest BCUT2D eigenvalue weighted by atomic mass is 10.1. The third-order valence-electron chi connectivity index (χ3n) is 3.97. The smallest absolute Gasteiger partial charge is 0.326 e. The molecule has 0 aromatic heterocycles. The number of fused-ring (bicyclic) bond motifs is 1. The summed E-state index contributed by atoms with van der Waals surface area (Å²) < 4.78 is 0. The van der Waals surface area contributed by atoms with Gasteiger partial charge in [0, 0.05) is 18.2 Å². The van der Waals surface area contributed by atoms with Crippen LogP contribution in [0.4, 0.5) is 5.69 Å². The normalized spacial score (nSPS) is 29.2. The fourth-order valence-electron chi connectivity index (χ4n) is 3.12. The van der Waals surface area contributed by atoms with Gasteiger partial charge in [0.25, 0.3) is 0 Å². The Morgan fingerprint density at radius 1 is 1.42 bits per heavy atom. The van der Waals surface area contributed by atoms with Crippen LogP contribution in [0.1, 0.15) is 18.9 Å². The summed E-state index contributed by atoms with van der Waals surface area (Å²) >= 11 is 0. The van der Waals surface area contributed by atoms with Crippen LogP contribution < -0.4 is 10.2 Å². The maximum atomic E-state index is 12.0. The van der Waals surface area contributed by atoms with Crippen molar-refractivity contribution in [1.82, 2.24) is 5.32 Å². The molecule has 1 aromatic rings. The molecule has 0 unspecified atom stereocenters. The van der Waals surface area contributed by atoms with E-state index < -0.39 is 12.0 Å². The van der Waals surface area contributed by atoms with Gasteiger partial charge in [-0.15, -0.1) is 0 Å². The van der Waals surface area contributed by atoms with Crippen LogP contribution in [-0.4, -0.2) is 35.1 Å². The van der Waals surface area contributed by atoms with E-state index >= 15 is 0 Å². The van der Waals surface area contributed by atoms with E-state index in [0.29, 0.717) is 6.42 Å². The fraction of sp³-hybridized carbons (Fsp3) is 0.429. The molecule has 1 saturated heterocycles. The number of carboxylic acids is 1. The lowest BCUT2D eigenvalue weighted by Gasteiger charge is -2.29. The predicted molar refractivity (Wildman–Crippen MR) is 70.1 cm³/mol. The molecule has 2 N–H and O–H groups in total. The molecule has 2 aliphatic rings. The largest absolute Gasteiger partial charge is 0.480 e. The van der Waals surface area contributed by atoms with E-state index in [0.717, 1.165) is 12.1 Å². The average molecular weight is 260 g/mol. The summed E-state index contributed by atoms with van der Waals surface area (Å²) in [4.78, 5) is 25.1. The van der Waals surface area contributed by atoms with Crippen LogP contribution in [0.15, 0.2) is 24.3 Å². The second-order valence-corrected chi connectivity index (χ2v) is 5.24. The molecule has 2 heterocycles. The van der Waals surface area contributed by atoms with Crippen LogP contribution in [0, 0.1) is 0 Å². The standard InChI is InChI=1S/C14H16N2O3/c1-8-6-9-4-2-3-5-11(9)16(8)12-7-10(14(18)19)15-13(12)17/h2-5,8,10,12H,6-7H2,1H3,(H,15,17)(H,18,19)/t8-,10-,12-/m0/s1. The third kappa shape index (κ3) is 1.85. The first-order valence-corrected chi connectivity index (χ1v) is 6.47. The summed E-state index contributed by atoms with van der Waals surface area (Å²) in [6, 6.07) is 7.08. The molecule has 1 aromatic carbocycles. The van der Waals surface area contributed by atoms with E-state index in [1.807, 2.05) is 18.2 Å². The van der Waals surface area contributed by atoms with Gasteiger partial charge >= 0.3 is 5.97 Å². The molecule has 3 atom stereocenters. The number of carbonyl (C=O) groups excluding carboxylic acids is 1. The average Bonchev–Trinajstić information content (AvgIpc) is 2.88. The zero-order chi connectivity index (χ0) is 13.6. The molecule has 1 amide bonds. The molecular weight excluding hydrogens is 244 g/mol. The Kier molecular flexibility index (Phi) is 2.69. The molecule has 5 heteroatoms. The lowest BCUT2D eigenvalue weighted by Crippen LogP contribution is -2.44. The molecule has 19 heavy (non-hydrogen) atoms. The van der Waals surface area contributed by atoms with Gasteiger partial charge in [-0.05, 0) is 25.0 Å². The number of nitrogens with zero attached hydrogens (tertiary/aromatic N) is 1. The Morgan fingerprint density at radius 2 is 2.16 bits per heavy atom. The molecule has 1 fully saturated rings. The van der Waals surface area contributed by atoms with E-state index in [9.17, 15) is 9.59 Å². The molecule has 0 saturated carbocycles. The molecule has 5 nitrogen and oxygen atoms in total. The molecular formula is C14H16N2O3. The number of carboxylic acid groups (broad SMARTS) is 1. The van der Waals surface area contributed by atoms with Crippen molar-refractivity contribution in [2.45, 2.75) is 37.9 Å². The number of nitrogens with one attached hydrogen (secondary N) is 1. The van der Waals surface area contributed by atoms with Gasteiger partial charge < -0.3 is 15.3 Å². The monoisotopic (exact) mass is 260 g/mol. The summed E-state index contributed by atoms with van der Waals surface area (Å²) in [5, 5.41) is 11.6. The van der Waals surface area contributed by atoms with Crippen LogP contribution >= 0.6 is 0 Å². The number of amides is 1. The molecule has 0 bridgehead atoms. The van der Waals surface area contributed by atoms with Crippen molar-refractivity contribution >= 4 is 17.6 Å². The number of anilines is 1. The molecule has 3 rings (SSSR count). The van der Waals surface area contributed by atoms with Crippen molar-refractivity contribution in [3.63, 3.8) is 0 Å². The number of carbonyl (C=O) groups is 2. The zero-order valence-electron chi connectivity index (χ0n) is 10.7. The number of benzene rings is 1. The maximum absolute atomic E-state index is 12.0. The van der Waals surface area contributed by atoms with Gasteiger partial charge in [-0.1, -0.05) is 18.2 Å². The molecule has 0 aliphatic carbocycles. The first kappa shape index (κ1) is 12.0. The van der Waals surface area contributed by atoms with Gasteiger partial charge in [0.15, 0.2) is 0 Å². The highest BCUT2D eigenvalue weighted by Gasteiger charge is 2.43. The zero-order valence-corrected chi connectivity index (χ0v) is 10.7. The third-order valence-corrected chi connectivity index (χ3v) is 3.97. The number of aliphatic carboxylic acids is 1. The summed E-state index contributed by atoms with van der Waals surface area (Å²) in [6.07, 6.45) is 1.23. The number of rotatable bonds is 2. The highest BCUT2D eigenvalue weighted by Crippen LogP contribution is 2.35. The van der Waals surface area contributed by atoms with Gasteiger partial charge in [0.1, 0.15) is 12.1 Å². The van der Waals surface area contributed by atoms with Crippen LogP contribution in [0.2, 0.25) is 0 Å². The highest BCUT2D eigenvalue weighted by molar-refractivity contribution is 5.94. The molecule has 2 aliphatic heterocycles.